The van der Waals surface area contributed by atoms with Gasteiger partial charge in [-0.2, -0.15) is 0 Å². The molecular weight excluding hydrogens is 404 g/mol. The number of carboxylic acids is 1. The quantitative estimate of drug-likeness (QED) is 0.491. The molecule has 3 rings (SSSR count). The fraction of sp³-hybridized carbons (Fsp3) is 0.444. The van der Waals surface area contributed by atoms with Gasteiger partial charge in [-0.1, -0.05) is 49.8 Å². The van der Waals surface area contributed by atoms with E-state index in [0.717, 1.165) is 30.4 Å². The maximum atomic E-state index is 11.1. The number of aryl methyl sites for hydroxylation is 1. The molecule has 0 spiro atoms. The standard InChI is InChI=1S/C27H34O5/c1-6-7-19-8-10-20(11-9-19)23-15-22(17(2)3)27(32-18(23)4)24-14-21(30-5)12-13-25(24)31-16-26(28)29/h8-14,18,22-23,27H,2,6-7,15-16H2,1,3-5H3,(H,28,29)/t18-,22+,23-,27-/m0/s1. The summed E-state index contributed by atoms with van der Waals surface area (Å²) in [7, 11) is 1.61. The molecule has 2 aromatic rings. The first-order valence-electron chi connectivity index (χ1n) is 11.3. The summed E-state index contributed by atoms with van der Waals surface area (Å²) < 4.78 is 17.6. The van der Waals surface area contributed by atoms with E-state index in [1.807, 2.05) is 13.0 Å². The van der Waals surface area contributed by atoms with Gasteiger partial charge >= 0.3 is 5.97 Å². The third-order valence-electron chi connectivity index (χ3n) is 6.26. The minimum atomic E-state index is -1.02. The third-order valence-corrected chi connectivity index (χ3v) is 6.26. The van der Waals surface area contributed by atoms with Gasteiger partial charge in [0.1, 0.15) is 11.5 Å². The van der Waals surface area contributed by atoms with Gasteiger partial charge in [0.25, 0.3) is 0 Å². The van der Waals surface area contributed by atoms with Crippen LogP contribution in [0.2, 0.25) is 0 Å². The molecule has 0 bridgehead atoms. The molecule has 0 unspecified atom stereocenters. The normalized spacial score (nSPS) is 22.9. The zero-order valence-electron chi connectivity index (χ0n) is 19.5. The van der Waals surface area contributed by atoms with Crippen LogP contribution in [-0.4, -0.2) is 30.9 Å². The Morgan fingerprint density at radius 3 is 2.53 bits per heavy atom. The summed E-state index contributed by atoms with van der Waals surface area (Å²) >= 11 is 0. The van der Waals surface area contributed by atoms with Crippen molar-refractivity contribution in [1.29, 1.82) is 0 Å². The number of aliphatic carboxylic acids is 1. The van der Waals surface area contributed by atoms with E-state index in [1.165, 1.54) is 11.1 Å². The topological polar surface area (TPSA) is 65.0 Å². The summed E-state index contributed by atoms with van der Waals surface area (Å²) in [6.45, 7) is 10.2. The van der Waals surface area contributed by atoms with Crippen molar-refractivity contribution in [3.63, 3.8) is 0 Å². The van der Waals surface area contributed by atoms with Crippen LogP contribution in [0.4, 0.5) is 0 Å². The summed E-state index contributed by atoms with van der Waals surface area (Å²) in [6, 6.07) is 14.3. The van der Waals surface area contributed by atoms with Gasteiger partial charge in [0.05, 0.1) is 19.3 Å². The van der Waals surface area contributed by atoms with Gasteiger partial charge in [-0.15, -0.1) is 0 Å². The number of carbonyl (C=O) groups is 1. The van der Waals surface area contributed by atoms with Crippen molar-refractivity contribution in [3.8, 4) is 11.5 Å². The molecule has 2 aromatic carbocycles. The number of ether oxygens (including phenoxy) is 3. The first-order chi connectivity index (χ1) is 15.3. The largest absolute Gasteiger partial charge is 0.497 e. The van der Waals surface area contributed by atoms with Crippen LogP contribution in [0.15, 0.2) is 54.6 Å². The van der Waals surface area contributed by atoms with Crippen molar-refractivity contribution in [2.75, 3.05) is 13.7 Å². The van der Waals surface area contributed by atoms with Crippen molar-refractivity contribution in [2.24, 2.45) is 5.92 Å². The highest BCUT2D eigenvalue weighted by Gasteiger charge is 2.39. The van der Waals surface area contributed by atoms with Gasteiger partial charge in [-0.05, 0) is 56.0 Å². The van der Waals surface area contributed by atoms with Gasteiger partial charge in [0.2, 0.25) is 0 Å². The highest BCUT2D eigenvalue weighted by Crippen LogP contribution is 2.48. The smallest absolute Gasteiger partial charge is 0.341 e. The molecule has 0 saturated carbocycles. The van der Waals surface area contributed by atoms with Crippen molar-refractivity contribution in [3.05, 3.63) is 71.3 Å². The molecule has 4 atom stereocenters. The second-order valence-electron chi connectivity index (χ2n) is 8.63. The highest BCUT2D eigenvalue weighted by atomic mass is 16.5. The number of rotatable bonds is 9. The molecule has 172 valence electrons. The summed E-state index contributed by atoms with van der Waals surface area (Å²) in [5, 5.41) is 9.08. The molecule has 0 aliphatic carbocycles. The molecule has 5 nitrogen and oxygen atoms in total. The predicted molar refractivity (Wildman–Crippen MR) is 126 cm³/mol. The van der Waals surface area contributed by atoms with E-state index in [4.69, 9.17) is 19.3 Å². The van der Waals surface area contributed by atoms with Crippen LogP contribution < -0.4 is 9.47 Å². The first kappa shape index (κ1) is 23.9. The predicted octanol–water partition coefficient (Wildman–Crippen LogP) is 5.94. The van der Waals surface area contributed by atoms with E-state index >= 15 is 0 Å². The molecule has 1 aliphatic rings. The van der Waals surface area contributed by atoms with Crippen LogP contribution in [0.5, 0.6) is 11.5 Å². The fourth-order valence-electron chi connectivity index (χ4n) is 4.53. The van der Waals surface area contributed by atoms with Gasteiger partial charge < -0.3 is 19.3 Å². The average molecular weight is 439 g/mol. The SMILES string of the molecule is C=C(C)[C@H]1C[C@H](c2ccc(CCC)cc2)[C@H](C)O[C@@H]1c1cc(OC)ccc1OCC(=O)O. The van der Waals surface area contributed by atoms with Crippen molar-refractivity contribution >= 4 is 5.97 Å². The Balaban J connectivity index is 1.92. The van der Waals surface area contributed by atoms with Crippen molar-refractivity contribution < 1.29 is 24.1 Å². The monoisotopic (exact) mass is 438 g/mol. The lowest BCUT2D eigenvalue weighted by molar-refractivity contribution is -0.139. The second-order valence-corrected chi connectivity index (χ2v) is 8.63. The van der Waals surface area contributed by atoms with E-state index < -0.39 is 12.6 Å². The van der Waals surface area contributed by atoms with Crippen LogP contribution in [0.25, 0.3) is 0 Å². The molecule has 1 fully saturated rings. The summed E-state index contributed by atoms with van der Waals surface area (Å²) in [4.78, 5) is 11.1. The van der Waals surface area contributed by atoms with Gasteiger partial charge in [0.15, 0.2) is 6.61 Å². The van der Waals surface area contributed by atoms with E-state index in [9.17, 15) is 4.79 Å². The van der Waals surface area contributed by atoms with E-state index in [0.29, 0.717) is 11.5 Å². The van der Waals surface area contributed by atoms with Crippen molar-refractivity contribution in [1.82, 2.24) is 0 Å². The van der Waals surface area contributed by atoms with Crippen molar-refractivity contribution in [2.45, 2.75) is 58.2 Å². The molecule has 1 N–H and O–H groups in total. The first-order valence-corrected chi connectivity index (χ1v) is 11.3. The Labute approximate surface area is 191 Å². The lowest BCUT2D eigenvalue weighted by Gasteiger charge is -2.42. The zero-order valence-corrected chi connectivity index (χ0v) is 19.5. The Kier molecular flexibility index (Phi) is 7.97. The average Bonchev–Trinajstić information content (AvgIpc) is 2.78. The maximum absolute atomic E-state index is 11.1. The van der Waals surface area contributed by atoms with Gasteiger partial charge in [-0.25, -0.2) is 4.79 Å². The lowest BCUT2D eigenvalue weighted by atomic mass is 9.75. The van der Waals surface area contributed by atoms with Gasteiger partial charge in [0, 0.05) is 17.4 Å². The number of carboxylic acid groups (broad SMARTS) is 1. The van der Waals surface area contributed by atoms with Crippen LogP contribution >= 0.6 is 0 Å². The second kappa shape index (κ2) is 10.7. The van der Waals surface area contributed by atoms with Crippen LogP contribution in [0.1, 0.15) is 62.3 Å². The van der Waals surface area contributed by atoms with E-state index in [-0.39, 0.29) is 24.0 Å². The maximum Gasteiger partial charge on any atom is 0.341 e. The molecule has 0 amide bonds. The Bertz CT molecular complexity index is 934. The Hall–Kier alpha value is -2.79. The zero-order chi connectivity index (χ0) is 23.3. The van der Waals surface area contributed by atoms with E-state index in [1.54, 1.807) is 19.2 Å². The van der Waals surface area contributed by atoms with Crippen LogP contribution in [0.3, 0.4) is 0 Å². The van der Waals surface area contributed by atoms with Crippen LogP contribution in [-0.2, 0) is 16.0 Å². The fourth-order valence-corrected chi connectivity index (χ4v) is 4.53. The molecule has 1 aliphatic heterocycles. The number of benzene rings is 2. The minimum absolute atomic E-state index is 0.0221. The van der Waals surface area contributed by atoms with Gasteiger partial charge in [-0.3, -0.25) is 0 Å². The minimum Gasteiger partial charge on any atom is -0.497 e. The summed E-state index contributed by atoms with van der Waals surface area (Å²) in [6.07, 6.45) is 2.80. The van der Waals surface area contributed by atoms with Crippen LogP contribution in [0, 0.1) is 5.92 Å². The lowest BCUT2D eigenvalue weighted by Crippen LogP contribution is -2.34. The summed E-state index contributed by atoms with van der Waals surface area (Å²) in [5.74, 6) is 0.461. The molecule has 32 heavy (non-hydrogen) atoms. The number of hydrogen-bond acceptors (Lipinski definition) is 4. The Morgan fingerprint density at radius 2 is 1.94 bits per heavy atom. The highest BCUT2D eigenvalue weighted by molar-refractivity contribution is 5.68. The molecule has 1 saturated heterocycles. The Morgan fingerprint density at radius 1 is 1.22 bits per heavy atom. The third kappa shape index (κ3) is 5.52. The molecule has 1 heterocycles. The molecule has 0 aromatic heterocycles. The molecule has 0 radical (unpaired) electrons. The molecule has 5 heteroatoms. The van der Waals surface area contributed by atoms with E-state index in [2.05, 4.69) is 44.7 Å². The number of hydrogen-bond donors (Lipinski definition) is 1. The molecular formula is C27H34O5. The summed E-state index contributed by atoms with van der Waals surface area (Å²) in [5.41, 5.74) is 4.45. The number of methoxy groups -OCH3 is 1.